The van der Waals surface area contributed by atoms with Gasteiger partial charge < -0.3 is 19.5 Å². The number of para-hydroxylation sites is 1. The van der Waals surface area contributed by atoms with E-state index in [0.29, 0.717) is 49.5 Å². The summed E-state index contributed by atoms with van der Waals surface area (Å²) in [7, 11) is 1.92. The summed E-state index contributed by atoms with van der Waals surface area (Å²) in [4.78, 5) is 32.8. The molecular weight excluding hydrogens is 474 g/mol. The Balaban J connectivity index is 1.40. The molecule has 9 heteroatoms. The first kappa shape index (κ1) is 25.5. The van der Waals surface area contributed by atoms with Gasteiger partial charge in [0.1, 0.15) is 22.6 Å². The molecule has 8 nitrogen and oxygen atoms in total. The van der Waals surface area contributed by atoms with Gasteiger partial charge in [0.2, 0.25) is 11.8 Å². The van der Waals surface area contributed by atoms with E-state index in [2.05, 4.69) is 16.4 Å². The molecule has 1 N–H and O–H groups in total. The monoisotopic (exact) mass is 505 g/mol. The molecule has 3 heterocycles. The zero-order valence-electron chi connectivity index (χ0n) is 20.9. The average Bonchev–Trinajstić information content (AvgIpc) is 3.44. The van der Waals surface area contributed by atoms with Gasteiger partial charge in [-0.1, -0.05) is 25.1 Å². The molecule has 0 saturated heterocycles. The van der Waals surface area contributed by atoms with Crippen LogP contribution in [0.2, 0.25) is 0 Å². The summed E-state index contributed by atoms with van der Waals surface area (Å²) in [6.07, 6.45) is 5.46. The molecule has 4 rings (SSSR count). The zero-order chi connectivity index (χ0) is 25.7. The van der Waals surface area contributed by atoms with E-state index >= 15 is 0 Å². The second-order valence-electron chi connectivity index (χ2n) is 8.96. The molecule has 0 spiro atoms. The first-order valence-electron chi connectivity index (χ1n) is 12.2. The van der Waals surface area contributed by atoms with Crippen molar-refractivity contribution in [2.24, 2.45) is 7.05 Å². The van der Waals surface area contributed by atoms with Crippen molar-refractivity contribution in [1.29, 1.82) is 5.26 Å². The quantitative estimate of drug-likeness (QED) is 0.465. The number of thiophene rings is 1. The van der Waals surface area contributed by atoms with Gasteiger partial charge in [0.25, 0.3) is 0 Å². The van der Waals surface area contributed by atoms with Crippen LogP contribution in [0.4, 0.5) is 5.00 Å². The van der Waals surface area contributed by atoms with Crippen molar-refractivity contribution in [3.63, 3.8) is 0 Å². The van der Waals surface area contributed by atoms with Crippen LogP contribution in [0.3, 0.4) is 0 Å². The van der Waals surface area contributed by atoms with Crippen molar-refractivity contribution in [2.45, 2.75) is 52.0 Å². The van der Waals surface area contributed by atoms with Gasteiger partial charge in [-0.3, -0.25) is 9.59 Å². The summed E-state index contributed by atoms with van der Waals surface area (Å²) in [5.74, 6) is 1.55. The second-order valence-corrected chi connectivity index (χ2v) is 10.1. The first-order chi connectivity index (χ1) is 17.4. The SMILES string of the molecule is CCOc1ccccc1[C@@H](C)CC(=O)Nc1sc2c(c1C#N)CCN(C(=O)CCc1nccn1C)C2. The Morgan fingerprint density at radius 3 is 2.86 bits per heavy atom. The number of nitriles is 1. The van der Waals surface area contributed by atoms with E-state index in [4.69, 9.17) is 4.74 Å². The number of nitrogens with one attached hydrogen (secondary N) is 1. The molecule has 0 aliphatic carbocycles. The number of aryl methyl sites for hydroxylation is 2. The van der Waals surface area contributed by atoms with Crippen LogP contribution in [-0.4, -0.2) is 39.4 Å². The highest BCUT2D eigenvalue weighted by molar-refractivity contribution is 7.16. The third-order valence-corrected chi connectivity index (χ3v) is 7.63. The highest BCUT2D eigenvalue weighted by atomic mass is 32.1. The number of ether oxygens (including phenoxy) is 1. The maximum absolute atomic E-state index is 12.9. The number of rotatable bonds is 9. The van der Waals surface area contributed by atoms with Gasteiger partial charge in [-0.05, 0) is 36.5 Å². The van der Waals surface area contributed by atoms with E-state index in [1.165, 1.54) is 11.3 Å². The maximum atomic E-state index is 12.9. The first-order valence-corrected chi connectivity index (χ1v) is 13.0. The Hall–Kier alpha value is -3.64. The smallest absolute Gasteiger partial charge is 0.225 e. The highest BCUT2D eigenvalue weighted by Gasteiger charge is 2.28. The molecule has 36 heavy (non-hydrogen) atoms. The Morgan fingerprint density at radius 1 is 1.33 bits per heavy atom. The van der Waals surface area contributed by atoms with E-state index in [9.17, 15) is 14.9 Å². The molecule has 188 valence electrons. The lowest BCUT2D eigenvalue weighted by Gasteiger charge is -2.27. The van der Waals surface area contributed by atoms with Gasteiger partial charge in [-0.15, -0.1) is 11.3 Å². The van der Waals surface area contributed by atoms with E-state index in [1.54, 1.807) is 6.20 Å². The molecule has 1 aromatic carbocycles. The van der Waals surface area contributed by atoms with Gasteiger partial charge in [-0.2, -0.15) is 5.26 Å². The Morgan fingerprint density at radius 2 is 2.14 bits per heavy atom. The fourth-order valence-electron chi connectivity index (χ4n) is 4.58. The molecule has 1 aliphatic heterocycles. The van der Waals surface area contributed by atoms with Crippen LogP contribution in [0.15, 0.2) is 36.7 Å². The number of carbonyl (C=O) groups is 2. The van der Waals surface area contributed by atoms with Crippen molar-refractivity contribution < 1.29 is 14.3 Å². The number of amides is 2. The molecule has 3 aromatic rings. The molecule has 0 saturated carbocycles. The molecule has 0 bridgehead atoms. The largest absolute Gasteiger partial charge is 0.494 e. The number of fused-ring (bicyclic) bond motifs is 1. The molecule has 2 aromatic heterocycles. The summed E-state index contributed by atoms with van der Waals surface area (Å²) >= 11 is 1.40. The lowest BCUT2D eigenvalue weighted by atomic mass is 9.96. The van der Waals surface area contributed by atoms with Crippen LogP contribution < -0.4 is 10.1 Å². The van der Waals surface area contributed by atoms with E-state index < -0.39 is 0 Å². The summed E-state index contributed by atoms with van der Waals surface area (Å²) in [5.41, 5.74) is 2.45. The van der Waals surface area contributed by atoms with E-state index in [-0.39, 0.29) is 24.2 Å². The molecule has 0 unspecified atom stereocenters. The number of hydrogen-bond acceptors (Lipinski definition) is 6. The molecular formula is C27H31N5O3S. The van der Waals surface area contributed by atoms with Gasteiger partial charge in [0.15, 0.2) is 0 Å². The molecule has 2 amide bonds. The lowest BCUT2D eigenvalue weighted by molar-refractivity contribution is -0.132. The second kappa shape index (κ2) is 11.4. The topological polar surface area (TPSA) is 100 Å². The van der Waals surface area contributed by atoms with Crippen LogP contribution >= 0.6 is 11.3 Å². The predicted molar refractivity (Wildman–Crippen MR) is 139 cm³/mol. The summed E-state index contributed by atoms with van der Waals surface area (Å²) < 4.78 is 7.64. The van der Waals surface area contributed by atoms with Crippen molar-refractivity contribution >= 4 is 28.2 Å². The molecule has 0 fully saturated rings. The maximum Gasteiger partial charge on any atom is 0.225 e. The van der Waals surface area contributed by atoms with E-state index in [1.807, 2.05) is 60.8 Å². The number of carbonyl (C=O) groups excluding carboxylic acids is 2. The Kier molecular flexibility index (Phi) is 8.06. The third-order valence-electron chi connectivity index (χ3n) is 6.50. The van der Waals surface area contributed by atoms with Crippen LogP contribution in [-0.2, 0) is 36.0 Å². The van der Waals surface area contributed by atoms with E-state index in [0.717, 1.165) is 27.6 Å². The van der Waals surface area contributed by atoms with Gasteiger partial charge in [0, 0.05) is 50.1 Å². The lowest BCUT2D eigenvalue weighted by Crippen LogP contribution is -2.35. The third kappa shape index (κ3) is 5.60. The number of anilines is 1. The van der Waals surface area contributed by atoms with Gasteiger partial charge in [-0.25, -0.2) is 4.98 Å². The zero-order valence-corrected chi connectivity index (χ0v) is 21.7. The minimum Gasteiger partial charge on any atom is -0.494 e. The fourth-order valence-corrected chi connectivity index (χ4v) is 5.81. The number of nitrogens with zero attached hydrogens (tertiary/aromatic N) is 4. The van der Waals surface area contributed by atoms with Crippen LogP contribution in [0.5, 0.6) is 5.75 Å². The van der Waals surface area contributed by atoms with Crippen molar-refractivity contribution in [3.8, 4) is 11.8 Å². The van der Waals surface area contributed by atoms with Gasteiger partial charge in [0.05, 0.1) is 18.7 Å². The summed E-state index contributed by atoms with van der Waals surface area (Å²) in [6.45, 7) is 5.52. The number of benzene rings is 1. The number of aromatic nitrogens is 2. The van der Waals surface area contributed by atoms with Crippen molar-refractivity contribution in [1.82, 2.24) is 14.5 Å². The molecule has 1 aliphatic rings. The number of hydrogen-bond donors (Lipinski definition) is 1. The van der Waals surface area contributed by atoms with Gasteiger partial charge >= 0.3 is 0 Å². The molecule has 1 atom stereocenters. The van der Waals surface area contributed by atoms with Crippen LogP contribution in [0, 0.1) is 11.3 Å². The Labute approximate surface area is 215 Å². The highest BCUT2D eigenvalue weighted by Crippen LogP contribution is 2.37. The van der Waals surface area contributed by atoms with Crippen molar-refractivity contribution in [2.75, 3.05) is 18.5 Å². The molecule has 0 radical (unpaired) electrons. The normalized spacial score (nSPS) is 13.6. The summed E-state index contributed by atoms with van der Waals surface area (Å²) in [5, 5.41) is 13.4. The van der Waals surface area contributed by atoms with Crippen molar-refractivity contribution in [3.05, 3.63) is 64.1 Å². The number of imidazole rings is 1. The Bertz CT molecular complexity index is 1290. The predicted octanol–water partition coefficient (Wildman–Crippen LogP) is 4.40. The minimum absolute atomic E-state index is 0.0419. The minimum atomic E-state index is -0.146. The summed E-state index contributed by atoms with van der Waals surface area (Å²) in [6, 6.07) is 10.0. The van der Waals surface area contributed by atoms with Crippen LogP contribution in [0.25, 0.3) is 0 Å². The van der Waals surface area contributed by atoms with Crippen LogP contribution in [0.1, 0.15) is 60.0 Å². The fraction of sp³-hybridized carbons (Fsp3) is 0.407. The standard InChI is InChI=1S/C27H31N5O3S/c1-4-35-22-8-6-5-7-19(22)18(2)15-25(33)30-27-21(16-28)20-11-13-32(17-23(20)36-27)26(34)10-9-24-29-12-14-31(24)3/h5-8,12,14,18H,4,9-11,13,15,17H2,1-3H3,(H,30,33)/t18-/m0/s1. The average molecular weight is 506 g/mol.